The van der Waals surface area contributed by atoms with Crippen LogP contribution in [0.4, 0.5) is 10.2 Å². The Morgan fingerprint density at radius 3 is 2.87 bits per heavy atom. The first-order valence-electron chi connectivity index (χ1n) is 4.45. The van der Waals surface area contributed by atoms with Gasteiger partial charge in [0.1, 0.15) is 11.6 Å². The van der Waals surface area contributed by atoms with Crippen molar-refractivity contribution in [3.8, 4) is 0 Å². The van der Waals surface area contributed by atoms with E-state index in [0.29, 0.717) is 6.54 Å². The van der Waals surface area contributed by atoms with E-state index in [1.165, 1.54) is 12.3 Å². The van der Waals surface area contributed by atoms with E-state index in [-0.39, 0.29) is 5.82 Å². The van der Waals surface area contributed by atoms with Crippen molar-refractivity contribution in [1.29, 1.82) is 0 Å². The minimum atomic E-state index is -0.319. The maximum absolute atomic E-state index is 12.6. The van der Waals surface area contributed by atoms with Gasteiger partial charge in [0.25, 0.3) is 0 Å². The molecule has 2 heterocycles. The molecule has 0 atom stereocenters. The molecule has 15 heavy (non-hydrogen) atoms. The van der Waals surface area contributed by atoms with Crippen LogP contribution in [0.1, 0.15) is 5.69 Å². The predicted molar refractivity (Wildman–Crippen MR) is 58.4 cm³/mol. The molecule has 0 unspecified atom stereocenters. The van der Waals surface area contributed by atoms with Gasteiger partial charge in [0, 0.05) is 12.4 Å². The van der Waals surface area contributed by atoms with Crippen molar-refractivity contribution in [2.75, 3.05) is 11.9 Å². The fraction of sp³-hybridized carbons (Fsp3) is 0.200. The van der Waals surface area contributed by atoms with Crippen molar-refractivity contribution in [2.24, 2.45) is 0 Å². The number of halogens is 1. The lowest BCUT2D eigenvalue weighted by atomic mass is 10.4. The molecule has 2 aromatic heterocycles. The molecule has 3 nitrogen and oxygen atoms in total. The first-order chi connectivity index (χ1) is 7.25. The van der Waals surface area contributed by atoms with Gasteiger partial charge in [0.05, 0.1) is 23.9 Å². The third-order valence-electron chi connectivity index (χ3n) is 1.99. The monoisotopic (exact) mass is 223 g/mol. The van der Waals surface area contributed by atoms with Crippen molar-refractivity contribution in [1.82, 2.24) is 9.97 Å². The van der Waals surface area contributed by atoms with Crippen LogP contribution in [-0.2, 0) is 6.54 Å². The van der Waals surface area contributed by atoms with Crippen molar-refractivity contribution < 1.29 is 4.39 Å². The van der Waals surface area contributed by atoms with E-state index in [4.69, 9.17) is 0 Å². The summed E-state index contributed by atoms with van der Waals surface area (Å²) in [6, 6.07) is 3.06. The molecule has 0 saturated heterocycles. The van der Waals surface area contributed by atoms with Gasteiger partial charge in [-0.05, 0) is 12.1 Å². The van der Waals surface area contributed by atoms with Crippen LogP contribution in [0.3, 0.4) is 0 Å². The van der Waals surface area contributed by atoms with Crippen LogP contribution in [0.2, 0.25) is 0 Å². The van der Waals surface area contributed by atoms with Gasteiger partial charge in [-0.2, -0.15) is 0 Å². The van der Waals surface area contributed by atoms with Crippen molar-refractivity contribution >= 4 is 17.2 Å². The Morgan fingerprint density at radius 2 is 2.27 bits per heavy atom. The fourth-order valence-electron chi connectivity index (χ4n) is 1.23. The van der Waals surface area contributed by atoms with Crippen molar-refractivity contribution in [2.45, 2.75) is 6.54 Å². The van der Waals surface area contributed by atoms with Crippen molar-refractivity contribution in [3.05, 3.63) is 40.7 Å². The summed E-state index contributed by atoms with van der Waals surface area (Å²) in [5, 5.41) is 1.99. The zero-order valence-corrected chi connectivity index (χ0v) is 9.04. The molecule has 0 spiro atoms. The van der Waals surface area contributed by atoms with Crippen LogP contribution < -0.4 is 4.90 Å². The predicted octanol–water partition coefficient (Wildman–Crippen LogP) is 2.31. The molecular formula is C10H10FN3S. The number of thiazole rings is 1. The highest BCUT2D eigenvalue weighted by Crippen LogP contribution is 2.12. The van der Waals surface area contributed by atoms with Crippen LogP contribution >= 0.6 is 11.3 Å². The summed E-state index contributed by atoms with van der Waals surface area (Å²) in [7, 11) is 1.90. The molecule has 0 amide bonds. The number of pyridine rings is 1. The van der Waals surface area contributed by atoms with Crippen LogP contribution in [-0.4, -0.2) is 17.0 Å². The molecule has 0 bridgehead atoms. The summed E-state index contributed by atoms with van der Waals surface area (Å²) in [4.78, 5) is 10.1. The molecule has 0 saturated carbocycles. The topological polar surface area (TPSA) is 29.0 Å². The Labute approximate surface area is 91.2 Å². The molecule has 0 aromatic carbocycles. The molecule has 5 heteroatoms. The molecule has 0 radical (unpaired) electrons. The number of hydrogen-bond donors (Lipinski definition) is 0. The molecule has 2 aromatic rings. The number of anilines is 1. The summed E-state index contributed by atoms with van der Waals surface area (Å²) in [6.45, 7) is 0.683. The SMILES string of the molecule is CN(Cc1cscn1)c1ccc(F)cn1. The minimum absolute atomic E-state index is 0.319. The molecule has 0 aliphatic heterocycles. The number of nitrogens with zero attached hydrogens (tertiary/aromatic N) is 3. The van der Waals surface area contributed by atoms with Crippen LogP contribution in [0.5, 0.6) is 0 Å². The average Bonchev–Trinajstić information content (AvgIpc) is 2.71. The summed E-state index contributed by atoms with van der Waals surface area (Å²) in [5.74, 6) is 0.421. The third-order valence-corrected chi connectivity index (χ3v) is 2.62. The zero-order chi connectivity index (χ0) is 10.7. The standard InChI is InChI=1S/C10H10FN3S/c1-14(5-9-6-15-7-13-9)10-3-2-8(11)4-12-10/h2-4,6-7H,5H2,1H3. The Balaban J connectivity index is 2.08. The van der Waals surface area contributed by atoms with Gasteiger partial charge < -0.3 is 4.90 Å². The van der Waals surface area contributed by atoms with E-state index >= 15 is 0 Å². The molecule has 78 valence electrons. The first kappa shape index (κ1) is 10.0. The van der Waals surface area contributed by atoms with E-state index in [1.54, 1.807) is 22.9 Å². The Kier molecular flexibility index (Phi) is 2.91. The third kappa shape index (κ3) is 2.50. The van der Waals surface area contributed by atoms with Gasteiger partial charge in [0.15, 0.2) is 0 Å². The molecular weight excluding hydrogens is 213 g/mol. The normalized spacial score (nSPS) is 10.3. The van der Waals surface area contributed by atoms with E-state index in [0.717, 1.165) is 11.5 Å². The highest BCUT2D eigenvalue weighted by molar-refractivity contribution is 7.07. The minimum Gasteiger partial charge on any atom is -0.354 e. The van der Waals surface area contributed by atoms with Gasteiger partial charge in [-0.3, -0.25) is 0 Å². The molecule has 0 fully saturated rings. The van der Waals surface area contributed by atoms with Crippen LogP contribution in [0.25, 0.3) is 0 Å². The lowest BCUT2D eigenvalue weighted by molar-refractivity contribution is 0.620. The Morgan fingerprint density at radius 1 is 1.40 bits per heavy atom. The van der Waals surface area contributed by atoms with Gasteiger partial charge in [-0.15, -0.1) is 11.3 Å². The van der Waals surface area contributed by atoms with Crippen molar-refractivity contribution in [3.63, 3.8) is 0 Å². The zero-order valence-electron chi connectivity index (χ0n) is 8.22. The lowest BCUT2D eigenvalue weighted by Crippen LogP contribution is -2.17. The molecule has 0 aliphatic carbocycles. The highest BCUT2D eigenvalue weighted by atomic mass is 32.1. The summed E-state index contributed by atoms with van der Waals surface area (Å²) in [6.07, 6.45) is 1.22. The van der Waals surface area contributed by atoms with E-state index in [2.05, 4.69) is 9.97 Å². The van der Waals surface area contributed by atoms with Gasteiger partial charge >= 0.3 is 0 Å². The second kappa shape index (κ2) is 4.35. The maximum atomic E-state index is 12.6. The Hall–Kier alpha value is -1.49. The highest BCUT2D eigenvalue weighted by Gasteiger charge is 2.04. The van der Waals surface area contributed by atoms with E-state index < -0.39 is 0 Å². The van der Waals surface area contributed by atoms with E-state index in [9.17, 15) is 4.39 Å². The van der Waals surface area contributed by atoms with Gasteiger partial charge in [-0.25, -0.2) is 14.4 Å². The van der Waals surface area contributed by atoms with Gasteiger partial charge in [0.2, 0.25) is 0 Å². The quantitative estimate of drug-likeness (QED) is 0.799. The number of aromatic nitrogens is 2. The van der Waals surface area contributed by atoms with Gasteiger partial charge in [-0.1, -0.05) is 0 Å². The molecule has 0 N–H and O–H groups in total. The van der Waals surface area contributed by atoms with E-state index in [1.807, 2.05) is 17.3 Å². The van der Waals surface area contributed by atoms with Crippen LogP contribution in [0, 0.1) is 5.82 Å². The second-order valence-corrected chi connectivity index (χ2v) is 3.89. The van der Waals surface area contributed by atoms with Crippen LogP contribution in [0.15, 0.2) is 29.2 Å². The summed E-state index contributed by atoms with van der Waals surface area (Å²) >= 11 is 1.56. The number of rotatable bonds is 3. The summed E-state index contributed by atoms with van der Waals surface area (Å²) in [5.41, 5.74) is 2.79. The smallest absolute Gasteiger partial charge is 0.141 e. The number of hydrogen-bond acceptors (Lipinski definition) is 4. The molecule has 2 rings (SSSR count). The lowest BCUT2D eigenvalue weighted by Gasteiger charge is -2.16. The first-order valence-corrected chi connectivity index (χ1v) is 5.40. The maximum Gasteiger partial charge on any atom is 0.141 e. The average molecular weight is 223 g/mol. The fourth-order valence-corrected chi connectivity index (χ4v) is 1.78. The molecule has 0 aliphatic rings. The second-order valence-electron chi connectivity index (χ2n) is 3.17. The largest absolute Gasteiger partial charge is 0.354 e. The Bertz CT molecular complexity index is 413. The summed E-state index contributed by atoms with van der Waals surface area (Å²) < 4.78 is 12.6.